The van der Waals surface area contributed by atoms with Gasteiger partial charge in [-0.05, 0) is 81.5 Å². The van der Waals surface area contributed by atoms with Crippen LogP contribution in [0.15, 0.2) is 199 Å². The SMILES string of the molecule is c1ccc(-n2c3ccccc3c3cc(-c4nc(-c5ccc6c(c5)c5ccc7cccc8c9ccccc9n6c5c78)nc5c4oc4c6ccccc6c6ccccc6c54)ccc32)cc1. The fraction of sp³-hybridized carbons (Fsp3) is 0. The van der Waals surface area contributed by atoms with Crippen LogP contribution in [-0.2, 0) is 0 Å². The van der Waals surface area contributed by atoms with Crippen molar-refractivity contribution in [2.75, 3.05) is 0 Å². The van der Waals surface area contributed by atoms with Gasteiger partial charge in [-0.2, -0.15) is 0 Å². The molecule has 0 saturated heterocycles. The zero-order valence-corrected chi connectivity index (χ0v) is 33.7. The lowest BCUT2D eigenvalue weighted by molar-refractivity contribution is 0.671. The molecule has 0 aliphatic rings. The smallest absolute Gasteiger partial charge is 0.180 e. The van der Waals surface area contributed by atoms with Gasteiger partial charge < -0.3 is 13.4 Å². The van der Waals surface area contributed by atoms with E-state index < -0.39 is 0 Å². The van der Waals surface area contributed by atoms with E-state index in [4.69, 9.17) is 14.4 Å². The van der Waals surface area contributed by atoms with Crippen LogP contribution in [0.2, 0.25) is 0 Å². The Morgan fingerprint density at radius 2 is 0.952 bits per heavy atom. The Morgan fingerprint density at radius 1 is 0.365 bits per heavy atom. The summed E-state index contributed by atoms with van der Waals surface area (Å²) in [7, 11) is 0. The molecule has 0 aliphatic carbocycles. The summed E-state index contributed by atoms with van der Waals surface area (Å²) in [6, 6.07) is 69.9. The van der Waals surface area contributed by atoms with Crippen LogP contribution in [0.1, 0.15) is 0 Å². The second-order valence-electron chi connectivity index (χ2n) is 16.8. The minimum atomic E-state index is 0.656. The third-order valence-electron chi connectivity index (χ3n) is 13.6. The minimum absolute atomic E-state index is 0.656. The monoisotopic (exact) mass is 800 g/mol. The number of aromatic nitrogens is 4. The summed E-state index contributed by atoms with van der Waals surface area (Å²) in [5.74, 6) is 0.656. The summed E-state index contributed by atoms with van der Waals surface area (Å²) in [6.45, 7) is 0. The molecular formula is C58H32N4O. The van der Waals surface area contributed by atoms with E-state index in [-0.39, 0.29) is 0 Å². The van der Waals surface area contributed by atoms with Crippen molar-refractivity contribution in [2.24, 2.45) is 0 Å². The largest absolute Gasteiger partial charge is 0.451 e. The molecule has 5 nitrogen and oxygen atoms in total. The Kier molecular flexibility index (Phi) is 6.36. The summed E-state index contributed by atoms with van der Waals surface area (Å²) in [4.78, 5) is 11.1. The minimum Gasteiger partial charge on any atom is -0.451 e. The van der Waals surface area contributed by atoms with Crippen LogP contribution >= 0.6 is 0 Å². The number of hydrogen-bond acceptors (Lipinski definition) is 3. The van der Waals surface area contributed by atoms with Crippen molar-refractivity contribution in [3.63, 3.8) is 0 Å². The van der Waals surface area contributed by atoms with Crippen molar-refractivity contribution in [3.8, 4) is 28.3 Å². The van der Waals surface area contributed by atoms with Crippen molar-refractivity contribution in [2.45, 2.75) is 0 Å². The second kappa shape index (κ2) is 12.1. The summed E-state index contributed by atoms with van der Waals surface area (Å²) in [5, 5.41) is 15.3. The van der Waals surface area contributed by atoms with E-state index in [9.17, 15) is 0 Å². The molecule has 0 unspecified atom stereocenters. The molecule has 0 aliphatic heterocycles. The van der Waals surface area contributed by atoms with Crippen molar-refractivity contribution in [3.05, 3.63) is 194 Å². The number of rotatable bonds is 3. The topological polar surface area (TPSA) is 48.3 Å². The van der Waals surface area contributed by atoms with Gasteiger partial charge >= 0.3 is 0 Å². The van der Waals surface area contributed by atoms with Crippen LogP contribution in [0.3, 0.4) is 0 Å². The summed E-state index contributed by atoms with van der Waals surface area (Å²) in [5.41, 5.74) is 12.0. The molecule has 290 valence electrons. The third-order valence-corrected chi connectivity index (χ3v) is 13.6. The number of furan rings is 1. The first kappa shape index (κ1) is 33.2. The van der Waals surface area contributed by atoms with E-state index in [0.717, 1.165) is 77.1 Å². The molecule has 0 atom stereocenters. The van der Waals surface area contributed by atoms with E-state index in [1.807, 2.05) is 0 Å². The lowest BCUT2D eigenvalue weighted by atomic mass is 9.98. The molecule has 63 heavy (non-hydrogen) atoms. The van der Waals surface area contributed by atoms with Crippen LogP contribution in [0, 0.1) is 0 Å². The highest BCUT2D eigenvalue weighted by molar-refractivity contribution is 6.31. The first-order valence-electron chi connectivity index (χ1n) is 21.5. The molecule has 0 bridgehead atoms. The zero-order valence-electron chi connectivity index (χ0n) is 33.7. The summed E-state index contributed by atoms with van der Waals surface area (Å²) < 4.78 is 11.9. The first-order chi connectivity index (χ1) is 31.3. The molecule has 0 fully saturated rings. The maximum Gasteiger partial charge on any atom is 0.180 e. The van der Waals surface area contributed by atoms with Crippen molar-refractivity contribution in [1.29, 1.82) is 0 Å². The van der Waals surface area contributed by atoms with Gasteiger partial charge in [-0.3, -0.25) is 0 Å². The fourth-order valence-electron chi connectivity index (χ4n) is 11.0. The van der Waals surface area contributed by atoms with Gasteiger partial charge in [0.25, 0.3) is 0 Å². The van der Waals surface area contributed by atoms with E-state index >= 15 is 0 Å². The molecule has 0 saturated carbocycles. The van der Waals surface area contributed by atoms with Crippen LogP contribution < -0.4 is 0 Å². The molecular weight excluding hydrogens is 769 g/mol. The van der Waals surface area contributed by atoms with Gasteiger partial charge in [0.15, 0.2) is 11.4 Å². The van der Waals surface area contributed by atoms with Gasteiger partial charge in [-0.15, -0.1) is 0 Å². The van der Waals surface area contributed by atoms with Crippen LogP contribution in [0.25, 0.3) is 143 Å². The number of fused-ring (bicyclic) bond motifs is 17. The van der Waals surface area contributed by atoms with Crippen LogP contribution in [0.5, 0.6) is 0 Å². The van der Waals surface area contributed by atoms with E-state index in [1.165, 1.54) is 54.1 Å². The normalized spacial score (nSPS) is 12.4. The molecule has 5 heterocycles. The van der Waals surface area contributed by atoms with Gasteiger partial charge in [0, 0.05) is 54.5 Å². The molecule has 15 rings (SSSR count). The Bertz CT molecular complexity index is 4420. The van der Waals surface area contributed by atoms with Gasteiger partial charge in [0.1, 0.15) is 16.8 Å². The average Bonchev–Trinajstić information content (AvgIpc) is 4.02. The number of nitrogens with zero attached hydrogens (tertiary/aromatic N) is 4. The van der Waals surface area contributed by atoms with Gasteiger partial charge in [0.05, 0.1) is 33.0 Å². The Hall–Kier alpha value is -8.54. The average molecular weight is 801 g/mol. The van der Waals surface area contributed by atoms with Gasteiger partial charge in [-0.1, -0.05) is 140 Å². The van der Waals surface area contributed by atoms with Crippen LogP contribution in [-0.4, -0.2) is 18.9 Å². The lowest BCUT2D eigenvalue weighted by Gasteiger charge is -2.12. The lowest BCUT2D eigenvalue weighted by Crippen LogP contribution is -1.95. The third kappa shape index (κ3) is 4.35. The molecule has 15 aromatic rings. The van der Waals surface area contributed by atoms with Crippen molar-refractivity contribution >= 4 is 114 Å². The number of pyridine rings is 1. The molecule has 0 spiro atoms. The predicted octanol–water partition coefficient (Wildman–Crippen LogP) is 15.4. The molecule has 10 aromatic carbocycles. The van der Waals surface area contributed by atoms with Crippen molar-refractivity contribution < 1.29 is 4.42 Å². The Labute approximate surface area is 358 Å². The molecule has 0 N–H and O–H groups in total. The summed E-state index contributed by atoms with van der Waals surface area (Å²) in [6.07, 6.45) is 0. The van der Waals surface area contributed by atoms with Crippen LogP contribution in [0.4, 0.5) is 0 Å². The highest BCUT2D eigenvalue weighted by atomic mass is 16.3. The quantitative estimate of drug-likeness (QED) is 0.132. The van der Waals surface area contributed by atoms with Crippen molar-refractivity contribution in [1.82, 2.24) is 18.9 Å². The number of hydrogen-bond donors (Lipinski definition) is 0. The summed E-state index contributed by atoms with van der Waals surface area (Å²) >= 11 is 0. The second-order valence-corrected chi connectivity index (χ2v) is 16.8. The Morgan fingerprint density at radius 3 is 1.79 bits per heavy atom. The number of benzene rings is 10. The molecule has 0 radical (unpaired) electrons. The molecule has 5 aromatic heterocycles. The standard InChI is InChI=1S/C58H32N4O/c1-2-14-36(15-3-1)61-47-23-10-9-19-40(47)45-31-34(26-29-49(45)61)53-57-54(52-41-20-6-4-16-37(41)38-17-5-7-21-44(38)56(52)63-57)60-58(59-53)35-27-30-50-46(32-35)43-28-25-33-13-12-22-42-39-18-8-11-24-48(39)62(50)55(43)51(33)42/h1-32H. The Balaban J connectivity index is 1.06. The zero-order chi connectivity index (χ0) is 40.9. The molecule has 5 heteroatoms. The number of para-hydroxylation sites is 3. The highest BCUT2D eigenvalue weighted by Crippen LogP contribution is 2.46. The highest BCUT2D eigenvalue weighted by Gasteiger charge is 2.24. The maximum absolute atomic E-state index is 7.12. The van der Waals surface area contributed by atoms with Gasteiger partial charge in [-0.25, -0.2) is 9.97 Å². The van der Waals surface area contributed by atoms with E-state index in [0.29, 0.717) is 11.4 Å². The first-order valence-corrected chi connectivity index (χ1v) is 21.5. The fourth-order valence-corrected chi connectivity index (χ4v) is 11.0. The van der Waals surface area contributed by atoms with E-state index in [2.05, 4.69) is 203 Å². The van der Waals surface area contributed by atoms with Gasteiger partial charge in [0.2, 0.25) is 0 Å². The van der Waals surface area contributed by atoms with E-state index in [1.54, 1.807) is 0 Å². The molecule has 0 amide bonds. The predicted molar refractivity (Wildman–Crippen MR) is 262 cm³/mol. The maximum atomic E-state index is 7.12.